The van der Waals surface area contributed by atoms with E-state index in [9.17, 15) is 18.4 Å². The van der Waals surface area contributed by atoms with Crippen LogP contribution in [0, 0.1) is 11.6 Å². The fourth-order valence-electron chi connectivity index (χ4n) is 2.26. The van der Waals surface area contributed by atoms with Crippen molar-refractivity contribution in [3.05, 3.63) is 35.4 Å². The van der Waals surface area contributed by atoms with Gasteiger partial charge in [-0.3, -0.25) is 14.5 Å². The van der Waals surface area contributed by atoms with Crippen LogP contribution in [0.5, 0.6) is 0 Å². The van der Waals surface area contributed by atoms with Gasteiger partial charge in [-0.25, -0.2) is 8.78 Å². The number of hydrogen-bond donors (Lipinski definition) is 1. The third-order valence-corrected chi connectivity index (χ3v) is 3.46. The molecule has 1 aliphatic rings. The van der Waals surface area contributed by atoms with Crippen LogP contribution in [0.3, 0.4) is 0 Å². The minimum absolute atomic E-state index is 0.0481. The van der Waals surface area contributed by atoms with Gasteiger partial charge in [0.15, 0.2) is 0 Å². The molecule has 0 atom stereocenters. The number of halogens is 2. The second-order valence-corrected chi connectivity index (χ2v) is 4.90. The number of carbonyl (C=O) groups excluding carboxylic acids is 1. The summed E-state index contributed by atoms with van der Waals surface area (Å²) < 4.78 is 26.7. The molecule has 21 heavy (non-hydrogen) atoms. The van der Waals surface area contributed by atoms with Crippen LogP contribution < -0.4 is 0 Å². The highest BCUT2D eigenvalue weighted by Gasteiger charge is 2.24. The molecule has 1 amide bonds. The predicted molar refractivity (Wildman–Crippen MR) is 71.0 cm³/mol. The number of carbonyl (C=O) groups is 2. The van der Waals surface area contributed by atoms with Crippen LogP contribution in [0.4, 0.5) is 8.78 Å². The first-order valence-electron chi connectivity index (χ1n) is 6.66. The Morgan fingerprint density at radius 1 is 1.14 bits per heavy atom. The minimum Gasteiger partial charge on any atom is -0.481 e. The summed E-state index contributed by atoms with van der Waals surface area (Å²) in [6, 6.07) is 2.80. The van der Waals surface area contributed by atoms with Crippen LogP contribution in [0.25, 0.3) is 0 Å². The van der Waals surface area contributed by atoms with E-state index in [-0.39, 0.29) is 12.0 Å². The molecule has 0 saturated carbocycles. The van der Waals surface area contributed by atoms with Crippen molar-refractivity contribution in [3.63, 3.8) is 0 Å². The van der Waals surface area contributed by atoms with Crippen LogP contribution in [-0.2, 0) is 4.79 Å². The van der Waals surface area contributed by atoms with Gasteiger partial charge < -0.3 is 10.0 Å². The summed E-state index contributed by atoms with van der Waals surface area (Å²) >= 11 is 0. The maximum atomic E-state index is 13.6. The van der Waals surface area contributed by atoms with E-state index >= 15 is 0 Å². The molecule has 5 nitrogen and oxygen atoms in total. The fraction of sp³-hybridized carbons (Fsp3) is 0.429. The SMILES string of the molecule is O=C(O)CCN1CCN(C(=O)c2cc(F)ccc2F)CC1. The molecule has 1 heterocycles. The summed E-state index contributed by atoms with van der Waals surface area (Å²) in [5, 5.41) is 8.62. The van der Waals surface area contributed by atoms with Crippen LogP contribution in [0.2, 0.25) is 0 Å². The van der Waals surface area contributed by atoms with Crippen molar-refractivity contribution in [1.29, 1.82) is 0 Å². The number of benzene rings is 1. The molecule has 0 unspecified atom stereocenters. The number of amides is 1. The summed E-state index contributed by atoms with van der Waals surface area (Å²) in [7, 11) is 0. The lowest BCUT2D eigenvalue weighted by atomic mass is 10.1. The molecule has 0 aliphatic carbocycles. The summed E-state index contributed by atoms with van der Waals surface area (Å²) in [5.41, 5.74) is -0.269. The molecule has 1 saturated heterocycles. The van der Waals surface area contributed by atoms with E-state index in [2.05, 4.69) is 0 Å². The predicted octanol–water partition coefficient (Wildman–Crippen LogP) is 1.20. The van der Waals surface area contributed by atoms with Crippen LogP contribution in [-0.4, -0.2) is 59.5 Å². The zero-order valence-corrected chi connectivity index (χ0v) is 11.4. The Balaban J connectivity index is 1.94. The molecule has 1 fully saturated rings. The Morgan fingerprint density at radius 2 is 1.81 bits per heavy atom. The van der Waals surface area contributed by atoms with Crippen molar-refractivity contribution < 1.29 is 23.5 Å². The number of hydrogen-bond acceptors (Lipinski definition) is 3. The van der Waals surface area contributed by atoms with Gasteiger partial charge in [-0.05, 0) is 18.2 Å². The third-order valence-electron chi connectivity index (χ3n) is 3.46. The molecular formula is C14H16F2N2O3. The zero-order valence-electron chi connectivity index (χ0n) is 11.4. The molecule has 1 aliphatic heterocycles. The monoisotopic (exact) mass is 298 g/mol. The average Bonchev–Trinajstić information content (AvgIpc) is 2.47. The van der Waals surface area contributed by atoms with Crippen molar-refractivity contribution in [2.24, 2.45) is 0 Å². The van der Waals surface area contributed by atoms with Gasteiger partial charge in [0.05, 0.1) is 12.0 Å². The van der Waals surface area contributed by atoms with E-state index in [1.165, 1.54) is 4.90 Å². The maximum Gasteiger partial charge on any atom is 0.304 e. The van der Waals surface area contributed by atoms with Crippen molar-refractivity contribution >= 4 is 11.9 Å². The van der Waals surface area contributed by atoms with Crippen LogP contribution in [0.1, 0.15) is 16.8 Å². The average molecular weight is 298 g/mol. The molecule has 0 spiro atoms. The Bertz CT molecular complexity index is 543. The summed E-state index contributed by atoms with van der Waals surface area (Å²) in [5.74, 6) is -2.80. The van der Waals surface area contributed by atoms with E-state index in [1.807, 2.05) is 4.90 Å². The van der Waals surface area contributed by atoms with Gasteiger partial charge in [0, 0.05) is 32.7 Å². The summed E-state index contributed by atoms with van der Waals surface area (Å²) in [6.07, 6.45) is 0.0481. The summed E-state index contributed by atoms with van der Waals surface area (Å²) in [6.45, 7) is 2.21. The highest BCUT2D eigenvalue weighted by Crippen LogP contribution is 2.14. The molecular weight excluding hydrogens is 282 g/mol. The molecule has 1 aromatic carbocycles. The largest absolute Gasteiger partial charge is 0.481 e. The topological polar surface area (TPSA) is 60.9 Å². The zero-order chi connectivity index (χ0) is 15.4. The van der Waals surface area contributed by atoms with Crippen molar-refractivity contribution in [3.8, 4) is 0 Å². The van der Waals surface area contributed by atoms with E-state index in [1.54, 1.807) is 0 Å². The number of rotatable bonds is 4. The molecule has 2 rings (SSSR count). The van der Waals surface area contributed by atoms with Crippen LogP contribution in [0.15, 0.2) is 18.2 Å². The number of aliphatic carboxylic acids is 1. The van der Waals surface area contributed by atoms with Crippen LogP contribution >= 0.6 is 0 Å². The van der Waals surface area contributed by atoms with Crippen molar-refractivity contribution in [2.75, 3.05) is 32.7 Å². The third kappa shape index (κ3) is 3.98. The smallest absolute Gasteiger partial charge is 0.304 e. The molecule has 7 heteroatoms. The van der Waals surface area contributed by atoms with Gasteiger partial charge in [-0.1, -0.05) is 0 Å². The van der Waals surface area contributed by atoms with Gasteiger partial charge in [-0.2, -0.15) is 0 Å². The number of carboxylic acid groups (broad SMARTS) is 1. The highest BCUT2D eigenvalue weighted by atomic mass is 19.1. The fourth-order valence-corrected chi connectivity index (χ4v) is 2.26. The lowest BCUT2D eigenvalue weighted by Crippen LogP contribution is -2.49. The lowest BCUT2D eigenvalue weighted by molar-refractivity contribution is -0.137. The number of nitrogens with zero attached hydrogens (tertiary/aromatic N) is 2. The molecule has 0 bridgehead atoms. The molecule has 1 aromatic rings. The van der Waals surface area contributed by atoms with Gasteiger partial charge in [0.25, 0.3) is 5.91 Å². The van der Waals surface area contributed by atoms with Gasteiger partial charge >= 0.3 is 5.97 Å². The van der Waals surface area contributed by atoms with E-state index < -0.39 is 23.5 Å². The number of piperazine rings is 1. The Morgan fingerprint density at radius 3 is 2.43 bits per heavy atom. The molecule has 114 valence electrons. The first-order valence-corrected chi connectivity index (χ1v) is 6.66. The molecule has 0 aromatic heterocycles. The summed E-state index contributed by atoms with van der Waals surface area (Å²) in [4.78, 5) is 26.0. The molecule has 0 radical (unpaired) electrons. The minimum atomic E-state index is -0.865. The van der Waals surface area contributed by atoms with Crippen molar-refractivity contribution in [1.82, 2.24) is 9.80 Å². The Kier molecular flexibility index (Phi) is 4.85. The first-order chi connectivity index (χ1) is 9.97. The Hall–Kier alpha value is -2.02. The standard InChI is InChI=1S/C14H16F2N2O3/c15-10-1-2-12(16)11(9-10)14(21)18-7-5-17(6-8-18)4-3-13(19)20/h1-2,9H,3-8H2,(H,19,20). The van der Waals surface area contributed by atoms with Gasteiger partial charge in [-0.15, -0.1) is 0 Å². The van der Waals surface area contributed by atoms with Gasteiger partial charge in [0.2, 0.25) is 0 Å². The first kappa shape index (κ1) is 15.4. The number of carboxylic acids is 1. The molecule has 1 N–H and O–H groups in total. The van der Waals surface area contributed by atoms with E-state index in [0.717, 1.165) is 18.2 Å². The normalized spacial score (nSPS) is 16.0. The van der Waals surface area contributed by atoms with Gasteiger partial charge in [0.1, 0.15) is 11.6 Å². The quantitative estimate of drug-likeness (QED) is 0.907. The second-order valence-electron chi connectivity index (χ2n) is 4.90. The highest BCUT2D eigenvalue weighted by molar-refractivity contribution is 5.94. The van der Waals surface area contributed by atoms with E-state index in [0.29, 0.717) is 32.7 Å². The maximum absolute atomic E-state index is 13.6. The van der Waals surface area contributed by atoms with Crippen molar-refractivity contribution in [2.45, 2.75) is 6.42 Å². The second kappa shape index (κ2) is 6.62. The Labute approximate surface area is 120 Å². The lowest BCUT2D eigenvalue weighted by Gasteiger charge is -2.34. The van der Waals surface area contributed by atoms with E-state index in [4.69, 9.17) is 5.11 Å².